The molecular formula is C26H28N6O2S. The molecule has 3 N–H and O–H groups in total. The van der Waals surface area contributed by atoms with Crippen LogP contribution in [0.5, 0.6) is 5.75 Å². The highest BCUT2D eigenvalue weighted by molar-refractivity contribution is 7.99. The first-order chi connectivity index (χ1) is 17.1. The quantitative estimate of drug-likeness (QED) is 0.573. The van der Waals surface area contributed by atoms with Gasteiger partial charge in [0.05, 0.1) is 24.3 Å². The number of anilines is 3. The van der Waals surface area contributed by atoms with Crippen LogP contribution in [0.3, 0.4) is 0 Å². The van der Waals surface area contributed by atoms with Crippen molar-refractivity contribution >= 4 is 29.2 Å². The van der Waals surface area contributed by atoms with E-state index in [9.17, 15) is 0 Å². The third kappa shape index (κ3) is 3.68. The molecule has 7 rings (SSSR count). The lowest BCUT2D eigenvalue weighted by molar-refractivity contribution is -0.0652. The van der Waals surface area contributed by atoms with Gasteiger partial charge in [-0.15, -0.1) is 0 Å². The molecule has 0 atom stereocenters. The van der Waals surface area contributed by atoms with Crippen molar-refractivity contribution in [1.29, 1.82) is 0 Å². The third-order valence-corrected chi connectivity index (χ3v) is 8.91. The second kappa shape index (κ2) is 7.99. The van der Waals surface area contributed by atoms with Gasteiger partial charge in [-0.25, -0.2) is 15.0 Å². The molecule has 3 aliphatic heterocycles. The Bertz CT molecular complexity index is 1260. The highest BCUT2D eigenvalue weighted by Crippen LogP contribution is 2.46. The highest BCUT2D eigenvalue weighted by Gasteiger charge is 2.44. The van der Waals surface area contributed by atoms with E-state index in [-0.39, 0.29) is 5.54 Å². The largest absolute Gasteiger partial charge is 0.486 e. The number of piperidine rings is 1. The molecule has 5 heterocycles. The van der Waals surface area contributed by atoms with Crippen LogP contribution in [0.25, 0.3) is 0 Å². The smallest absolute Gasteiger partial charge is 0.175 e. The number of nitrogens with zero attached hydrogens (tertiary/aromatic N) is 4. The summed E-state index contributed by atoms with van der Waals surface area (Å²) in [5.74, 6) is 2.78. The van der Waals surface area contributed by atoms with E-state index in [1.54, 1.807) is 6.20 Å². The Morgan fingerprint density at radius 1 is 1.00 bits per heavy atom. The van der Waals surface area contributed by atoms with Crippen LogP contribution < -0.4 is 20.7 Å². The van der Waals surface area contributed by atoms with Gasteiger partial charge in [0, 0.05) is 19.3 Å². The molecule has 2 fully saturated rings. The maximum Gasteiger partial charge on any atom is 0.175 e. The Morgan fingerprint density at radius 3 is 2.46 bits per heavy atom. The van der Waals surface area contributed by atoms with Crippen molar-refractivity contribution in [2.24, 2.45) is 5.41 Å². The van der Waals surface area contributed by atoms with E-state index < -0.39 is 0 Å². The van der Waals surface area contributed by atoms with E-state index in [1.807, 2.05) is 12.3 Å². The Balaban J connectivity index is 1.04. The number of nitrogen functional groups attached to an aromatic ring is 1. The van der Waals surface area contributed by atoms with Crippen molar-refractivity contribution in [3.63, 3.8) is 0 Å². The fourth-order valence-electron chi connectivity index (χ4n) is 5.80. The van der Waals surface area contributed by atoms with Crippen molar-refractivity contribution in [2.75, 3.05) is 48.9 Å². The number of rotatable bonds is 3. The summed E-state index contributed by atoms with van der Waals surface area (Å²) in [6, 6.07) is 10.8. The molecule has 1 aromatic carbocycles. The van der Waals surface area contributed by atoms with E-state index in [2.05, 4.69) is 39.5 Å². The van der Waals surface area contributed by atoms with Gasteiger partial charge in [-0.05, 0) is 48.3 Å². The molecule has 35 heavy (non-hydrogen) atoms. The molecule has 0 radical (unpaired) electrons. The summed E-state index contributed by atoms with van der Waals surface area (Å²) in [6.07, 6.45) is 8.36. The van der Waals surface area contributed by atoms with Gasteiger partial charge in [-0.3, -0.25) is 0 Å². The van der Waals surface area contributed by atoms with Crippen molar-refractivity contribution in [2.45, 2.75) is 41.1 Å². The predicted molar refractivity (Wildman–Crippen MR) is 135 cm³/mol. The molecule has 0 saturated carbocycles. The number of nitrogens with one attached hydrogen (secondary N) is 1. The minimum atomic E-state index is -0.155. The van der Waals surface area contributed by atoms with Gasteiger partial charge in [0.1, 0.15) is 23.0 Å². The van der Waals surface area contributed by atoms with Crippen molar-refractivity contribution in [1.82, 2.24) is 15.0 Å². The number of nitrogens with two attached hydrogens (primary N) is 1. The minimum Gasteiger partial charge on any atom is -0.486 e. The third-order valence-electron chi connectivity index (χ3n) is 7.86. The fourth-order valence-corrected chi connectivity index (χ4v) is 6.64. The summed E-state index contributed by atoms with van der Waals surface area (Å²) >= 11 is 1.46. The minimum absolute atomic E-state index is 0.155. The molecular weight excluding hydrogens is 460 g/mol. The van der Waals surface area contributed by atoms with Gasteiger partial charge in [-0.1, -0.05) is 36.0 Å². The zero-order chi connectivity index (χ0) is 23.5. The van der Waals surface area contributed by atoms with Gasteiger partial charge < -0.3 is 25.4 Å². The highest BCUT2D eigenvalue weighted by atomic mass is 32.2. The van der Waals surface area contributed by atoms with Gasteiger partial charge in [-0.2, -0.15) is 0 Å². The van der Waals surface area contributed by atoms with E-state index in [1.165, 1.54) is 48.6 Å². The number of benzene rings is 1. The summed E-state index contributed by atoms with van der Waals surface area (Å²) in [5.41, 5.74) is 9.69. The van der Waals surface area contributed by atoms with E-state index >= 15 is 0 Å². The Hall–Kier alpha value is -3.04. The van der Waals surface area contributed by atoms with E-state index in [0.29, 0.717) is 36.1 Å². The first-order valence-electron chi connectivity index (χ1n) is 12.2. The summed E-state index contributed by atoms with van der Waals surface area (Å²) < 4.78 is 11.5. The van der Waals surface area contributed by atoms with Gasteiger partial charge in [0.15, 0.2) is 17.4 Å². The lowest BCUT2D eigenvalue weighted by atomic mass is 9.76. The van der Waals surface area contributed by atoms with Gasteiger partial charge >= 0.3 is 0 Å². The molecule has 4 aliphatic rings. The first-order valence-corrected chi connectivity index (χ1v) is 13.0. The molecule has 0 amide bonds. The van der Waals surface area contributed by atoms with E-state index in [0.717, 1.165) is 35.4 Å². The van der Waals surface area contributed by atoms with Crippen LogP contribution in [-0.2, 0) is 17.6 Å². The molecule has 0 bridgehead atoms. The van der Waals surface area contributed by atoms with Crippen LogP contribution in [0.15, 0.2) is 52.6 Å². The topological polar surface area (TPSA) is 98.4 Å². The van der Waals surface area contributed by atoms with Crippen LogP contribution >= 0.6 is 11.8 Å². The number of aromatic nitrogens is 3. The monoisotopic (exact) mass is 488 g/mol. The molecule has 8 nitrogen and oxygen atoms in total. The van der Waals surface area contributed by atoms with Crippen molar-refractivity contribution in [3.05, 3.63) is 53.9 Å². The molecule has 2 spiro atoms. The standard InChI is InChI=1S/C26H28N6O2S/c27-22-24(35-19-5-8-28-23-21(19)34-16-26(31-23)14-33-15-26)29-13-20(30-22)32-9-6-25(7-10-32)11-17-3-1-2-4-18(17)12-25/h1-5,8,13H,6-7,9-12,14-16H2,(H2,27,30)(H,28,31). The second-order valence-electron chi connectivity index (χ2n) is 10.3. The summed E-state index contributed by atoms with van der Waals surface area (Å²) in [7, 11) is 0. The summed E-state index contributed by atoms with van der Waals surface area (Å²) in [6.45, 7) is 3.79. The number of hydrogen-bond donors (Lipinski definition) is 2. The van der Waals surface area contributed by atoms with E-state index in [4.69, 9.17) is 25.2 Å². The van der Waals surface area contributed by atoms with Gasteiger partial charge in [0.2, 0.25) is 0 Å². The molecule has 2 aromatic heterocycles. The van der Waals surface area contributed by atoms with Crippen LogP contribution in [0.4, 0.5) is 17.5 Å². The van der Waals surface area contributed by atoms with Gasteiger partial charge in [0.25, 0.3) is 0 Å². The van der Waals surface area contributed by atoms with Crippen molar-refractivity contribution in [3.8, 4) is 5.75 Å². The second-order valence-corrected chi connectivity index (χ2v) is 11.3. The molecule has 1 aliphatic carbocycles. The number of hydrogen-bond acceptors (Lipinski definition) is 9. The van der Waals surface area contributed by atoms with Crippen LogP contribution in [0, 0.1) is 5.41 Å². The Labute approximate surface area is 208 Å². The first kappa shape index (κ1) is 21.3. The SMILES string of the molecule is Nc1nc(N2CCC3(CC2)Cc2ccccc2C3)cnc1Sc1ccnc2c1OCC1(COC1)N2. The average Bonchev–Trinajstić information content (AvgIpc) is 3.22. The number of ether oxygens (including phenoxy) is 2. The summed E-state index contributed by atoms with van der Waals surface area (Å²) in [5, 5.41) is 4.16. The number of pyridine rings is 1. The molecule has 9 heteroatoms. The molecule has 3 aromatic rings. The molecule has 180 valence electrons. The summed E-state index contributed by atoms with van der Waals surface area (Å²) in [4.78, 5) is 17.1. The lowest BCUT2D eigenvalue weighted by Gasteiger charge is -2.45. The molecule has 0 unspecified atom stereocenters. The van der Waals surface area contributed by atoms with Crippen LogP contribution in [0.1, 0.15) is 24.0 Å². The zero-order valence-electron chi connectivity index (χ0n) is 19.5. The van der Waals surface area contributed by atoms with Crippen LogP contribution in [-0.4, -0.2) is 53.4 Å². The van der Waals surface area contributed by atoms with Crippen LogP contribution in [0.2, 0.25) is 0 Å². The number of fused-ring (bicyclic) bond motifs is 2. The molecule has 2 saturated heterocycles. The Kier molecular flexibility index (Phi) is 4.86. The average molecular weight is 489 g/mol. The lowest BCUT2D eigenvalue weighted by Crippen LogP contribution is -2.61. The van der Waals surface area contributed by atoms with Crippen molar-refractivity contribution < 1.29 is 9.47 Å². The normalized spacial score (nSPS) is 21.1. The predicted octanol–water partition coefficient (Wildman–Crippen LogP) is 3.56. The Morgan fingerprint density at radius 2 is 1.77 bits per heavy atom. The maximum absolute atomic E-state index is 6.39. The zero-order valence-corrected chi connectivity index (χ0v) is 20.3. The maximum atomic E-state index is 6.39. The fraction of sp³-hybridized carbons (Fsp3) is 0.423.